The molecule has 1 rings (SSSR count). The Kier molecular flexibility index (Phi) is 18.9. The fourth-order valence-electron chi connectivity index (χ4n) is 5.33. The van der Waals surface area contributed by atoms with Crippen LogP contribution >= 0.6 is 0 Å². The number of esters is 1. The van der Waals surface area contributed by atoms with Crippen LogP contribution in [0, 0.1) is 5.41 Å². The van der Waals surface area contributed by atoms with Crippen LogP contribution in [0.4, 0.5) is 0 Å². The van der Waals surface area contributed by atoms with E-state index in [9.17, 15) is 4.79 Å². The monoisotopic (exact) mass is 534 g/mol. The molecule has 2 heteroatoms. The molecule has 0 amide bonds. The van der Waals surface area contributed by atoms with Crippen molar-refractivity contribution in [2.75, 3.05) is 6.61 Å². The minimum Gasteiger partial charge on any atom is -0.461 e. The van der Waals surface area contributed by atoms with Crippen LogP contribution in [-0.2, 0) is 9.53 Å². The molecule has 1 aliphatic carbocycles. The molecule has 0 spiro atoms. The topological polar surface area (TPSA) is 26.3 Å². The Hall–Kier alpha value is -1.83. The number of unbranched alkanes of at least 4 members (excludes halogenated alkanes) is 12. The number of allylic oxidation sites excluding steroid dienone is 9. The zero-order valence-corrected chi connectivity index (χ0v) is 26.0. The van der Waals surface area contributed by atoms with Gasteiger partial charge in [0.2, 0.25) is 0 Å². The Balaban J connectivity index is 2.13. The number of carbonyl (C=O) groups is 1. The summed E-state index contributed by atoms with van der Waals surface area (Å²) in [4.78, 5) is 12.0. The second kappa shape index (κ2) is 21.0. The summed E-state index contributed by atoms with van der Waals surface area (Å²) in [6, 6.07) is 0. The van der Waals surface area contributed by atoms with E-state index in [4.69, 9.17) is 4.74 Å². The van der Waals surface area contributed by atoms with Gasteiger partial charge in [0, 0.05) is 6.42 Å². The summed E-state index contributed by atoms with van der Waals surface area (Å²) in [6.45, 7) is 13.8. The van der Waals surface area contributed by atoms with Gasteiger partial charge < -0.3 is 4.74 Å². The summed E-state index contributed by atoms with van der Waals surface area (Å²) < 4.78 is 5.40. The molecule has 38 heavy (non-hydrogen) atoms. The Labute approximate surface area is 236 Å². The van der Waals surface area contributed by atoms with Crippen LogP contribution in [0.3, 0.4) is 0 Å². The van der Waals surface area contributed by atoms with Crippen LogP contribution in [0.15, 0.2) is 58.7 Å². The normalized spacial score (nSPS) is 16.7. The summed E-state index contributed by atoms with van der Waals surface area (Å²) in [7, 11) is 0. The lowest BCUT2D eigenvalue weighted by Gasteiger charge is -2.32. The Morgan fingerprint density at radius 2 is 1.42 bits per heavy atom. The van der Waals surface area contributed by atoms with Gasteiger partial charge in [-0.1, -0.05) is 145 Å². The molecule has 2 nitrogen and oxygen atoms in total. The highest BCUT2D eigenvalue weighted by atomic mass is 16.6. The molecule has 0 atom stereocenters. The molecule has 0 radical (unpaired) electrons. The van der Waals surface area contributed by atoms with Crippen LogP contribution in [0.5, 0.6) is 0 Å². The molecule has 0 saturated carbocycles. The van der Waals surface area contributed by atoms with Gasteiger partial charge in [-0.15, -0.1) is 0 Å². The third-order valence-corrected chi connectivity index (χ3v) is 7.91. The zero-order valence-electron chi connectivity index (χ0n) is 26.0. The van der Waals surface area contributed by atoms with Crippen LogP contribution in [0.25, 0.3) is 0 Å². The van der Waals surface area contributed by atoms with Gasteiger partial charge in [0.1, 0.15) is 6.61 Å². The molecule has 0 unspecified atom stereocenters. The molecule has 0 aromatic heterocycles. The van der Waals surface area contributed by atoms with E-state index in [1.54, 1.807) is 0 Å². The van der Waals surface area contributed by atoms with Gasteiger partial charge in [0.05, 0.1) is 0 Å². The highest BCUT2D eigenvalue weighted by Crippen LogP contribution is 2.40. The van der Waals surface area contributed by atoms with Crippen LogP contribution in [0.1, 0.15) is 151 Å². The lowest BCUT2D eigenvalue weighted by Crippen LogP contribution is -2.19. The van der Waals surface area contributed by atoms with E-state index in [1.165, 1.54) is 107 Å². The van der Waals surface area contributed by atoms with Gasteiger partial charge in [-0.2, -0.15) is 0 Å². The summed E-state index contributed by atoms with van der Waals surface area (Å²) in [6.07, 6.45) is 34.3. The molecular weight excluding hydrogens is 474 g/mol. The zero-order chi connectivity index (χ0) is 28.1. The molecule has 0 fully saturated rings. The first-order valence-electron chi connectivity index (χ1n) is 15.8. The van der Waals surface area contributed by atoms with Crippen molar-refractivity contribution < 1.29 is 9.53 Å². The molecule has 0 aromatic carbocycles. The summed E-state index contributed by atoms with van der Waals surface area (Å²) in [5, 5.41) is 0. The fourth-order valence-corrected chi connectivity index (χ4v) is 5.33. The van der Waals surface area contributed by atoms with E-state index in [0.717, 1.165) is 18.4 Å². The predicted molar refractivity (Wildman–Crippen MR) is 167 cm³/mol. The summed E-state index contributed by atoms with van der Waals surface area (Å²) >= 11 is 0. The summed E-state index contributed by atoms with van der Waals surface area (Å²) in [5.41, 5.74) is 5.65. The maximum Gasteiger partial charge on any atom is 0.306 e. The third-order valence-electron chi connectivity index (χ3n) is 7.91. The van der Waals surface area contributed by atoms with Crippen LogP contribution < -0.4 is 0 Å². The maximum absolute atomic E-state index is 12.0. The van der Waals surface area contributed by atoms with Crippen LogP contribution in [-0.4, -0.2) is 12.6 Å². The van der Waals surface area contributed by atoms with E-state index >= 15 is 0 Å². The van der Waals surface area contributed by atoms with Gasteiger partial charge in [0.25, 0.3) is 0 Å². The number of carbonyl (C=O) groups excluding carboxylic acids is 1. The Morgan fingerprint density at radius 3 is 2.00 bits per heavy atom. The van der Waals surface area contributed by atoms with E-state index in [1.807, 2.05) is 6.08 Å². The predicted octanol–water partition coefficient (Wildman–Crippen LogP) is 11.5. The van der Waals surface area contributed by atoms with Gasteiger partial charge in [0.15, 0.2) is 0 Å². The molecule has 0 aliphatic heterocycles. The average Bonchev–Trinajstić information content (AvgIpc) is 2.86. The van der Waals surface area contributed by atoms with Crippen LogP contribution in [0.2, 0.25) is 0 Å². The van der Waals surface area contributed by atoms with Crippen molar-refractivity contribution in [3.05, 3.63) is 58.7 Å². The van der Waals surface area contributed by atoms with Gasteiger partial charge >= 0.3 is 5.97 Å². The lowest BCUT2D eigenvalue weighted by molar-refractivity contribution is -0.142. The molecule has 0 aromatic rings. The Bertz CT molecular complexity index is 803. The summed E-state index contributed by atoms with van der Waals surface area (Å²) in [5.74, 6) is -0.0720. The second-order valence-electron chi connectivity index (χ2n) is 12.2. The molecular formula is C36H60O2. The standard InChI is InChI=1S/C36H60O2/c1-7-8-9-10-11-12-13-14-15-16-17-18-19-25-35(37)38-30-28-32(3)23-20-22-31(2)26-27-34-33(4)24-21-29-36(34,5)6/h20,22-23,26-28H,7-19,21,24-25,29-30H2,1-6H3/b23-20+,27-26+,31-22+,32-28+/i2+1,3+1,20+1,22+1,23+1,26+1,28+1,30+1,31+1,32+1. The third kappa shape index (κ3) is 16.9. The SMILES string of the molecule is CCCCCCCCCCCCCCCC(=O)O[13CH2]/[13CH]=[13C]([13CH3])/[13CH]=[13CH]/[13CH]=[13C]([13CH3])/[13CH]=C/C1=C(C)CCCC1(C)C. The average molecular weight is 535 g/mol. The molecule has 0 N–H and O–H groups in total. The highest BCUT2D eigenvalue weighted by molar-refractivity contribution is 5.69. The van der Waals surface area contributed by atoms with Crippen molar-refractivity contribution in [1.29, 1.82) is 0 Å². The van der Waals surface area contributed by atoms with Crippen molar-refractivity contribution >= 4 is 5.97 Å². The Morgan fingerprint density at radius 1 is 0.842 bits per heavy atom. The van der Waals surface area contributed by atoms with E-state index in [-0.39, 0.29) is 11.4 Å². The molecule has 216 valence electrons. The number of ether oxygens (including phenoxy) is 1. The minimum atomic E-state index is -0.0720. The largest absolute Gasteiger partial charge is 0.461 e. The smallest absolute Gasteiger partial charge is 0.306 e. The number of hydrogen-bond donors (Lipinski definition) is 0. The quantitative estimate of drug-likeness (QED) is 0.0672. The lowest BCUT2D eigenvalue weighted by atomic mass is 9.73. The van der Waals surface area contributed by atoms with Crippen molar-refractivity contribution in [3.63, 3.8) is 0 Å². The van der Waals surface area contributed by atoms with Gasteiger partial charge in [-0.3, -0.25) is 4.79 Å². The van der Waals surface area contributed by atoms with Gasteiger partial charge in [-0.05, 0) is 63.5 Å². The molecule has 0 bridgehead atoms. The number of hydrogen-bond acceptors (Lipinski definition) is 2. The first-order chi connectivity index (χ1) is 18.3. The highest BCUT2D eigenvalue weighted by Gasteiger charge is 2.26. The van der Waals surface area contributed by atoms with Gasteiger partial charge in [-0.25, -0.2) is 0 Å². The van der Waals surface area contributed by atoms with Crippen molar-refractivity contribution in [2.24, 2.45) is 5.41 Å². The minimum absolute atomic E-state index is 0.0720. The molecule has 0 heterocycles. The van der Waals surface area contributed by atoms with E-state index < -0.39 is 0 Å². The van der Waals surface area contributed by atoms with Crippen molar-refractivity contribution in [2.45, 2.75) is 151 Å². The second-order valence-corrected chi connectivity index (χ2v) is 12.2. The fraction of sp³-hybridized carbons (Fsp3) is 0.694. The van der Waals surface area contributed by atoms with E-state index in [2.05, 4.69) is 71.9 Å². The maximum atomic E-state index is 12.0. The van der Waals surface area contributed by atoms with Crippen molar-refractivity contribution in [1.82, 2.24) is 0 Å². The number of rotatable bonds is 20. The molecule has 1 aliphatic rings. The first-order valence-corrected chi connectivity index (χ1v) is 15.8. The van der Waals surface area contributed by atoms with E-state index in [0.29, 0.717) is 13.0 Å². The van der Waals surface area contributed by atoms with Crippen molar-refractivity contribution in [3.8, 4) is 0 Å². The first kappa shape index (κ1) is 34.2. The molecule has 0 saturated heterocycles.